The molecule has 53 heavy (non-hydrogen) atoms. The molecule has 276 valence electrons. The number of aromatic nitrogens is 5. The summed E-state index contributed by atoms with van der Waals surface area (Å²) in [6, 6.07) is 15.9. The molecule has 1 saturated heterocycles. The predicted octanol–water partition coefficient (Wildman–Crippen LogP) is 7.22. The number of thiazole rings is 1. The number of methoxy groups -OCH3 is 1. The van der Waals surface area contributed by atoms with Crippen LogP contribution >= 0.6 is 11.3 Å². The number of aromatic amines is 2. The number of nitrogens with one attached hydrogen (secondary N) is 4. The van der Waals surface area contributed by atoms with Crippen molar-refractivity contribution in [2.24, 2.45) is 11.8 Å². The van der Waals surface area contributed by atoms with E-state index in [0.29, 0.717) is 13.1 Å². The molecule has 4 N–H and O–H groups in total. The Bertz CT molecular complexity index is 2000. The third kappa shape index (κ3) is 8.04. The molecule has 0 spiro atoms. The first kappa shape index (κ1) is 36.1. The summed E-state index contributed by atoms with van der Waals surface area (Å²) in [5.41, 5.74) is 6.03. The normalized spacial score (nSPS) is 19.2. The number of ether oxygens (including phenoxy) is 1. The van der Waals surface area contributed by atoms with Crippen LogP contribution in [0.15, 0.2) is 72.5 Å². The molecule has 4 heterocycles. The highest BCUT2D eigenvalue weighted by Crippen LogP contribution is 2.38. The van der Waals surface area contributed by atoms with Crippen molar-refractivity contribution in [3.8, 4) is 33.6 Å². The average molecular weight is 735 g/mol. The molecule has 0 bridgehead atoms. The van der Waals surface area contributed by atoms with Gasteiger partial charge in [-0.3, -0.25) is 9.59 Å². The van der Waals surface area contributed by atoms with Gasteiger partial charge < -0.3 is 30.2 Å². The van der Waals surface area contributed by atoms with Gasteiger partial charge in [-0.05, 0) is 53.9 Å². The summed E-state index contributed by atoms with van der Waals surface area (Å²) in [6.45, 7) is 4.88. The predicted molar refractivity (Wildman–Crippen MR) is 204 cm³/mol. The molecule has 2 fully saturated rings. The van der Waals surface area contributed by atoms with Gasteiger partial charge in [0.15, 0.2) is 0 Å². The second-order valence-corrected chi connectivity index (χ2v) is 15.2. The highest BCUT2D eigenvalue weighted by atomic mass is 32.1. The van der Waals surface area contributed by atoms with E-state index in [1.54, 1.807) is 17.5 Å². The smallest absolute Gasteiger partial charge is 0.407 e. The largest absolute Gasteiger partial charge is 0.453 e. The third-order valence-electron chi connectivity index (χ3n) is 10.5. The number of rotatable bonds is 11. The second kappa shape index (κ2) is 16.2. The summed E-state index contributed by atoms with van der Waals surface area (Å²) in [4.78, 5) is 61.2. The standard InChI is InChI=1S/C40H46N8O4S/c1-24(2)35(47-40(51)52-3)39(50)48-19-6-9-33(48)37-43-22-32(46-37)28-16-12-26(13-17-28)25-10-14-27(15-11-25)31-21-42-36(45-31)29-7-4-5-8-30(29)38(49)44-23-34-41-18-20-53-34/h10-18,20-22,24,29-30,33,35H,4-9,19,23H2,1-3H3,(H,42,45)(H,43,46)(H,44,49)(H,47,51)/t29-,30?,33?,35?/m1/s1. The van der Waals surface area contributed by atoms with Crippen molar-refractivity contribution in [1.82, 2.24) is 40.5 Å². The van der Waals surface area contributed by atoms with E-state index in [-0.39, 0.29) is 35.6 Å². The zero-order valence-corrected chi connectivity index (χ0v) is 31.1. The molecular formula is C40H46N8O4S. The molecule has 5 aromatic rings. The van der Waals surface area contributed by atoms with Crippen molar-refractivity contribution in [3.63, 3.8) is 0 Å². The number of amides is 3. The van der Waals surface area contributed by atoms with E-state index >= 15 is 0 Å². The van der Waals surface area contributed by atoms with Gasteiger partial charge in [-0.25, -0.2) is 19.7 Å². The van der Waals surface area contributed by atoms with E-state index in [1.165, 1.54) is 7.11 Å². The van der Waals surface area contributed by atoms with Crippen LogP contribution in [0.2, 0.25) is 0 Å². The van der Waals surface area contributed by atoms with E-state index in [1.807, 2.05) is 36.5 Å². The number of benzene rings is 2. The van der Waals surface area contributed by atoms with Gasteiger partial charge in [0, 0.05) is 30.0 Å². The highest BCUT2D eigenvalue weighted by Gasteiger charge is 2.38. The first-order valence-corrected chi connectivity index (χ1v) is 19.3. The van der Waals surface area contributed by atoms with Crippen LogP contribution in [0.5, 0.6) is 0 Å². The maximum Gasteiger partial charge on any atom is 0.407 e. The van der Waals surface area contributed by atoms with Crippen molar-refractivity contribution in [2.75, 3.05) is 13.7 Å². The van der Waals surface area contributed by atoms with Gasteiger partial charge in [0.2, 0.25) is 11.8 Å². The zero-order chi connectivity index (χ0) is 36.9. The fraction of sp³-hybridized carbons (Fsp3) is 0.400. The molecule has 12 nitrogen and oxygen atoms in total. The van der Waals surface area contributed by atoms with Crippen molar-refractivity contribution < 1.29 is 19.1 Å². The van der Waals surface area contributed by atoms with E-state index in [4.69, 9.17) is 9.72 Å². The molecule has 2 aliphatic rings. The van der Waals surface area contributed by atoms with Crippen molar-refractivity contribution >= 4 is 29.2 Å². The molecule has 3 amide bonds. The van der Waals surface area contributed by atoms with Crippen LogP contribution in [-0.4, -0.2) is 67.4 Å². The first-order chi connectivity index (χ1) is 25.8. The van der Waals surface area contributed by atoms with Gasteiger partial charge in [0.1, 0.15) is 22.7 Å². The topological polar surface area (TPSA) is 158 Å². The Morgan fingerprint density at radius 2 is 1.47 bits per heavy atom. The first-order valence-electron chi connectivity index (χ1n) is 18.4. The minimum Gasteiger partial charge on any atom is -0.453 e. The Morgan fingerprint density at radius 1 is 0.849 bits per heavy atom. The van der Waals surface area contributed by atoms with Crippen LogP contribution in [0.1, 0.15) is 81.0 Å². The molecule has 0 radical (unpaired) electrons. The molecule has 13 heteroatoms. The van der Waals surface area contributed by atoms with Crippen LogP contribution in [0, 0.1) is 11.8 Å². The Kier molecular flexibility index (Phi) is 11.0. The summed E-state index contributed by atoms with van der Waals surface area (Å²) in [5.74, 6) is 1.41. The number of imidazole rings is 2. The number of alkyl carbamates (subject to hydrolysis) is 1. The third-order valence-corrected chi connectivity index (χ3v) is 11.3. The van der Waals surface area contributed by atoms with Gasteiger partial charge >= 0.3 is 6.09 Å². The SMILES string of the molecule is COC(=O)NC(C(=O)N1CCCC1c1ncc(-c2ccc(-c3ccc(-c4cnc([C@@H]5CCCCC5C(=O)NCc5nccs5)[nH]4)cc3)cc2)[nH]1)C(C)C. The summed E-state index contributed by atoms with van der Waals surface area (Å²) in [6.07, 6.45) is 10.4. The van der Waals surface area contributed by atoms with Gasteiger partial charge in [0.25, 0.3) is 0 Å². The van der Waals surface area contributed by atoms with Gasteiger partial charge in [-0.15, -0.1) is 11.3 Å². The minimum absolute atomic E-state index is 0.0599. The van der Waals surface area contributed by atoms with Gasteiger partial charge in [0.05, 0.1) is 43.5 Å². The number of hydrogen-bond acceptors (Lipinski definition) is 8. The van der Waals surface area contributed by atoms with Crippen LogP contribution in [0.4, 0.5) is 4.79 Å². The number of carbonyl (C=O) groups is 3. The quantitative estimate of drug-likeness (QED) is 0.112. The van der Waals surface area contributed by atoms with Crippen LogP contribution < -0.4 is 10.6 Å². The maximum absolute atomic E-state index is 13.5. The molecule has 1 aliphatic heterocycles. The maximum atomic E-state index is 13.5. The van der Waals surface area contributed by atoms with Crippen molar-refractivity contribution in [3.05, 3.63) is 89.2 Å². The number of carbonyl (C=O) groups excluding carboxylic acids is 3. The number of hydrogen-bond donors (Lipinski definition) is 4. The Hall–Kier alpha value is -5.30. The lowest BCUT2D eigenvalue weighted by molar-refractivity contribution is -0.135. The Balaban J connectivity index is 0.991. The van der Waals surface area contributed by atoms with E-state index in [0.717, 1.165) is 88.8 Å². The second-order valence-electron chi connectivity index (χ2n) is 14.2. The molecular weight excluding hydrogens is 689 g/mol. The van der Waals surface area contributed by atoms with Crippen LogP contribution in [0.3, 0.4) is 0 Å². The Labute approximate surface area is 313 Å². The highest BCUT2D eigenvalue weighted by molar-refractivity contribution is 7.09. The summed E-state index contributed by atoms with van der Waals surface area (Å²) in [5, 5.41) is 8.63. The fourth-order valence-electron chi connectivity index (χ4n) is 7.61. The van der Waals surface area contributed by atoms with E-state index in [2.05, 4.69) is 79.1 Å². The Morgan fingerprint density at radius 3 is 2.09 bits per heavy atom. The van der Waals surface area contributed by atoms with E-state index in [9.17, 15) is 14.4 Å². The monoisotopic (exact) mass is 734 g/mol. The number of H-pyrrole nitrogens is 2. The molecule has 2 aromatic carbocycles. The minimum atomic E-state index is -0.676. The van der Waals surface area contributed by atoms with Gasteiger partial charge in [-0.1, -0.05) is 75.2 Å². The van der Waals surface area contributed by atoms with Crippen LogP contribution in [-0.2, 0) is 20.9 Å². The number of likely N-dealkylation sites (tertiary alicyclic amines) is 1. The average Bonchev–Trinajstić information content (AvgIpc) is 4.03. The molecule has 4 atom stereocenters. The zero-order valence-electron chi connectivity index (χ0n) is 30.3. The number of nitrogens with zero attached hydrogens (tertiary/aromatic N) is 4. The summed E-state index contributed by atoms with van der Waals surface area (Å²) >= 11 is 1.55. The molecule has 7 rings (SSSR count). The lowest BCUT2D eigenvalue weighted by Gasteiger charge is -2.30. The molecule has 3 aromatic heterocycles. The summed E-state index contributed by atoms with van der Waals surface area (Å²) < 4.78 is 4.76. The van der Waals surface area contributed by atoms with E-state index < -0.39 is 12.1 Å². The summed E-state index contributed by atoms with van der Waals surface area (Å²) in [7, 11) is 1.30. The van der Waals surface area contributed by atoms with Crippen molar-refractivity contribution in [2.45, 2.75) is 76.9 Å². The van der Waals surface area contributed by atoms with Gasteiger partial charge in [-0.2, -0.15) is 0 Å². The van der Waals surface area contributed by atoms with Crippen LogP contribution in [0.25, 0.3) is 33.6 Å². The molecule has 1 aliphatic carbocycles. The lowest BCUT2D eigenvalue weighted by atomic mass is 9.78. The fourth-order valence-corrected chi connectivity index (χ4v) is 8.16. The molecule has 3 unspecified atom stereocenters. The molecule has 1 saturated carbocycles. The lowest BCUT2D eigenvalue weighted by Crippen LogP contribution is -2.51. The van der Waals surface area contributed by atoms with Crippen molar-refractivity contribution in [1.29, 1.82) is 0 Å².